The summed E-state index contributed by atoms with van der Waals surface area (Å²) in [7, 11) is 1.63. The van der Waals surface area contributed by atoms with Gasteiger partial charge >= 0.3 is 6.18 Å². The maximum atomic E-state index is 12.6. The molecule has 3 rings (SSSR count). The van der Waals surface area contributed by atoms with Crippen molar-refractivity contribution in [2.24, 2.45) is 0 Å². The average molecular weight is 407 g/mol. The summed E-state index contributed by atoms with van der Waals surface area (Å²) in [6.45, 7) is 4.76. The van der Waals surface area contributed by atoms with Gasteiger partial charge in [0.15, 0.2) is 0 Å². The monoisotopic (exact) mass is 407 g/mol. The number of methoxy groups -OCH3 is 1. The van der Waals surface area contributed by atoms with Crippen molar-refractivity contribution in [1.82, 2.24) is 4.90 Å². The molecule has 1 heterocycles. The highest BCUT2D eigenvalue weighted by atomic mass is 19.4. The summed E-state index contributed by atoms with van der Waals surface area (Å²) in [6, 6.07) is 11.9. The molecule has 1 saturated heterocycles. The first-order chi connectivity index (χ1) is 13.8. The van der Waals surface area contributed by atoms with Gasteiger partial charge in [-0.15, -0.1) is 0 Å². The van der Waals surface area contributed by atoms with Crippen LogP contribution in [0.1, 0.15) is 12.5 Å². The van der Waals surface area contributed by atoms with Crippen molar-refractivity contribution in [3.8, 4) is 5.75 Å². The molecule has 29 heavy (non-hydrogen) atoms. The van der Waals surface area contributed by atoms with Crippen molar-refractivity contribution in [2.75, 3.05) is 43.5 Å². The molecular formula is C21H24F3N3O2. The van der Waals surface area contributed by atoms with Gasteiger partial charge in [-0.1, -0.05) is 6.07 Å². The standard InChI is InChI=1S/C21H24F3N3O2/c1-15(20(28)25-17-8-6-16(7-9-17)21(22,23)24)26-10-12-27(13-11-26)18-4-3-5-19(14-18)29-2/h3-9,14-15H,10-13H2,1-2H3,(H,25,28). The number of hydrogen-bond acceptors (Lipinski definition) is 4. The normalized spacial score (nSPS) is 16.4. The van der Waals surface area contributed by atoms with E-state index in [1.807, 2.05) is 24.3 Å². The lowest BCUT2D eigenvalue weighted by Crippen LogP contribution is -2.52. The summed E-state index contributed by atoms with van der Waals surface area (Å²) in [5.74, 6) is 0.564. The van der Waals surface area contributed by atoms with Crippen LogP contribution in [-0.4, -0.2) is 50.1 Å². The molecule has 0 aromatic heterocycles. The Hall–Kier alpha value is -2.74. The smallest absolute Gasteiger partial charge is 0.416 e. The molecule has 1 fully saturated rings. The van der Waals surface area contributed by atoms with Crippen LogP contribution in [0.25, 0.3) is 0 Å². The topological polar surface area (TPSA) is 44.8 Å². The molecule has 5 nitrogen and oxygen atoms in total. The quantitative estimate of drug-likeness (QED) is 0.818. The summed E-state index contributed by atoms with van der Waals surface area (Å²) in [4.78, 5) is 16.8. The largest absolute Gasteiger partial charge is 0.497 e. The minimum atomic E-state index is -4.39. The number of halogens is 3. The summed E-state index contributed by atoms with van der Waals surface area (Å²) >= 11 is 0. The zero-order valence-corrected chi connectivity index (χ0v) is 16.4. The van der Waals surface area contributed by atoms with Crippen LogP contribution in [0.15, 0.2) is 48.5 Å². The van der Waals surface area contributed by atoms with E-state index >= 15 is 0 Å². The molecular weight excluding hydrogens is 383 g/mol. The summed E-state index contributed by atoms with van der Waals surface area (Å²) in [6.07, 6.45) is -4.39. The fourth-order valence-electron chi connectivity index (χ4n) is 3.33. The van der Waals surface area contributed by atoms with Crippen molar-refractivity contribution in [3.63, 3.8) is 0 Å². The van der Waals surface area contributed by atoms with Crippen LogP contribution in [0.4, 0.5) is 24.5 Å². The first-order valence-corrected chi connectivity index (χ1v) is 9.39. The number of carbonyl (C=O) groups excluding carboxylic acids is 1. The Morgan fingerprint density at radius 3 is 2.31 bits per heavy atom. The molecule has 0 aliphatic carbocycles. The lowest BCUT2D eigenvalue weighted by Gasteiger charge is -2.38. The second-order valence-electron chi connectivity index (χ2n) is 6.96. The lowest BCUT2D eigenvalue weighted by atomic mass is 10.1. The number of ether oxygens (including phenoxy) is 1. The van der Waals surface area contributed by atoms with Crippen molar-refractivity contribution in [2.45, 2.75) is 19.1 Å². The first kappa shape index (κ1) is 21.0. The Kier molecular flexibility index (Phi) is 6.32. The van der Waals surface area contributed by atoms with Crippen molar-refractivity contribution in [1.29, 1.82) is 0 Å². The zero-order valence-electron chi connectivity index (χ0n) is 16.4. The predicted molar refractivity (Wildman–Crippen MR) is 106 cm³/mol. The van der Waals surface area contributed by atoms with E-state index in [-0.39, 0.29) is 11.9 Å². The van der Waals surface area contributed by atoms with E-state index in [9.17, 15) is 18.0 Å². The minimum Gasteiger partial charge on any atom is -0.497 e. The molecule has 8 heteroatoms. The number of rotatable bonds is 5. The molecule has 1 aliphatic heterocycles. The molecule has 0 bridgehead atoms. The van der Waals surface area contributed by atoms with Crippen LogP contribution in [0.3, 0.4) is 0 Å². The Morgan fingerprint density at radius 1 is 1.07 bits per heavy atom. The number of carbonyl (C=O) groups is 1. The fourth-order valence-corrected chi connectivity index (χ4v) is 3.33. The van der Waals surface area contributed by atoms with Gasteiger partial charge < -0.3 is 15.0 Å². The van der Waals surface area contributed by atoms with Crippen LogP contribution in [0, 0.1) is 0 Å². The van der Waals surface area contributed by atoms with Gasteiger partial charge in [0.25, 0.3) is 0 Å². The SMILES string of the molecule is COc1cccc(N2CCN(C(C)C(=O)Nc3ccc(C(F)(F)F)cc3)CC2)c1. The van der Waals surface area contributed by atoms with E-state index in [2.05, 4.69) is 15.1 Å². The van der Waals surface area contributed by atoms with Gasteiger partial charge in [-0.2, -0.15) is 13.2 Å². The van der Waals surface area contributed by atoms with E-state index in [0.717, 1.165) is 36.7 Å². The number of piperazine rings is 1. The molecule has 1 unspecified atom stereocenters. The van der Waals surface area contributed by atoms with Gasteiger partial charge in [0.05, 0.1) is 18.7 Å². The molecule has 1 N–H and O–H groups in total. The highest BCUT2D eigenvalue weighted by Crippen LogP contribution is 2.30. The third-order valence-electron chi connectivity index (χ3n) is 5.14. The highest BCUT2D eigenvalue weighted by Gasteiger charge is 2.30. The van der Waals surface area contributed by atoms with E-state index in [1.54, 1.807) is 14.0 Å². The number of nitrogens with zero attached hydrogens (tertiary/aromatic N) is 2. The van der Waals surface area contributed by atoms with Crippen molar-refractivity contribution in [3.05, 3.63) is 54.1 Å². The highest BCUT2D eigenvalue weighted by molar-refractivity contribution is 5.94. The molecule has 0 radical (unpaired) electrons. The first-order valence-electron chi connectivity index (χ1n) is 9.39. The second kappa shape index (κ2) is 8.73. The van der Waals surface area contributed by atoms with E-state index < -0.39 is 11.7 Å². The maximum Gasteiger partial charge on any atom is 0.416 e. The van der Waals surface area contributed by atoms with Crippen LogP contribution in [0.5, 0.6) is 5.75 Å². The number of alkyl halides is 3. The Morgan fingerprint density at radius 2 is 1.72 bits per heavy atom. The molecule has 2 aromatic carbocycles. The molecule has 1 amide bonds. The molecule has 0 spiro atoms. The van der Waals surface area contributed by atoms with Crippen LogP contribution >= 0.6 is 0 Å². The van der Waals surface area contributed by atoms with Gasteiger partial charge in [-0.05, 0) is 43.3 Å². The van der Waals surface area contributed by atoms with Gasteiger partial charge in [0.2, 0.25) is 5.91 Å². The fraction of sp³-hybridized carbons (Fsp3) is 0.381. The number of hydrogen-bond donors (Lipinski definition) is 1. The summed E-state index contributed by atoms with van der Waals surface area (Å²) < 4.78 is 43.2. The van der Waals surface area contributed by atoms with Crippen LogP contribution in [-0.2, 0) is 11.0 Å². The number of anilines is 2. The Bertz CT molecular complexity index is 832. The third-order valence-corrected chi connectivity index (χ3v) is 5.14. The number of nitrogens with one attached hydrogen (secondary N) is 1. The van der Waals surface area contributed by atoms with E-state index in [0.29, 0.717) is 18.8 Å². The van der Waals surface area contributed by atoms with Crippen LogP contribution < -0.4 is 15.0 Å². The maximum absolute atomic E-state index is 12.6. The average Bonchev–Trinajstić information content (AvgIpc) is 2.73. The molecule has 156 valence electrons. The number of benzene rings is 2. The van der Waals surface area contributed by atoms with Crippen molar-refractivity contribution < 1.29 is 22.7 Å². The Labute approximate surface area is 168 Å². The molecule has 1 aliphatic rings. The van der Waals surface area contributed by atoms with Crippen molar-refractivity contribution >= 4 is 17.3 Å². The Balaban J connectivity index is 1.54. The summed E-state index contributed by atoms with van der Waals surface area (Å²) in [5, 5.41) is 2.70. The van der Waals surface area contributed by atoms with E-state index in [4.69, 9.17) is 4.74 Å². The molecule has 1 atom stereocenters. The second-order valence-corrected chi connectivity index (χ2v) is 6.96. The van der Waals surface area contributed by atoms with Gasteiger partial charge in [-0.25, -0.2) is 0 Å². The number of amides is 1. The lowest BCUT2D eigenvalue weighted by molar-refractivity contribution is -0.137. The van der Waals surface area contributed by atoms with Crippen LogP contribution in [0.2, 0.25) is 0 Å². The zero-order chi connectivity index (χ0) is 21.0. The molecule has 2 aromatic rings. The third kappa shape index (κ3) is 5.20. The van der Waals surface area contributed by atoms with Gasteiger partial charge in [0.1, 0.15) is 5.75 Å². The van der Waals surface area contributed by atoms with E-state index in [1.165, 1.54) is 12.1 Å². The molecule has 0 saturated carbocycles. The predicted octanol–water partition coefficient (Wildman–Crippen LogP) is 3.86. The summed E-state index contributed by atoms with van der Waals surface area (Å²) in [5.41, 5.74) is 0.688. The van der Waals surface area contributed by atoms with Gasteiger partial charge in [-0.3, -0.25) is 9.69 Å². The van der Waals surface area contributed by atoms with Gasteiger partial charge in [0, 0.05) is 43.6 Å². The minimum absolute atomic E-state index is 0.236.